The van der Waals surface area contributed by atoms with Crippen molar-refractivity contribution >= 4 is 15.9 Å². The summed E-state index contributed by atoms with van der Waals surface area (Å²) in [6.07, 6.45) is 10.7. The fourth-order valence-corrected chi connectivity index (χ4v) is 1.67. The molecule has 0 N–H and O–H groups in total. The standard InChI is InChI=1S/C13H23Br/c1-4-13(5-2)10-6-8-12(3)9-7-11-14/h9-10H,4-8,11H2,1-3H3/b12-9+. The molecule has 0 amide bonds. The lowest BCUT2D eigenvalue weighted by molar-refractivity contribution is 0.908. The third-order valence-corrected chi connectivity index (χ3v) is 2.94. The van der Waals surface area contributed by atoms with Gasteiger partial charge in [-0.25, -0.2) is 0 Å². The number of hydrogen-bond acceptors (Lipinski definition) is 0. The second-order valence-corrected chi connectivity index (χ2v) is 4.43. The van der Waals surface area contributed by atoms with Crippen LogP contribution in [0.2, 0.25) is 0 Å². The molecule has 0 nitrogen and oxygen atoms in total. The van der Waals surface area contributed by atoms with E-state index in [1.807, 2.05) is 0 Å². The van der Waals surface area contributed by atoms with Crippen LogP contribution in [-0.2, 0) is 0 Å². The zero-order chi connectivity index (χ0) is 10.8. The monoisotopic (exact) mass is 258 g/mol. The largest absolute Gasteiger partial charge is 0.0925 e. The summed E-state index contributed by atoms with van der Waals surface area (Å²) in [4.78, 5) is 0. The summed E-state index contributed by atoms with van der Waals surface area (Å²) >= 11 is 3.44. The molecule has 0 saturated carbocycles. The van der Waals surface area contributed by atoms with E-state index in [0.717, 1.165) is 11.8 Å². The number of alkyl halides is 1. The molecular weight excluding hydrogens is 236 g/mol. The minimum absolute atomic E-state index is 1.08. The van der Waals surface area contributed by atoms with Crippen LogP contribution in [0.15, 0.2) is 23.3 Å². The van der Waals surface area contributed by atoms with Crippen LogP contribution in [0, 0.1) is 0 Å². The predicted octanol–water partition coefficient (Wildman–Crippen LogP) is 5.24. The van der Waals surface area contributed by atoms with Gasteiger partial charge < -0.3 is 0 Å². The maximum atomic E-state index is 3.44. The van der Waals surface area contributed by atoms with Crippen LogP contribution < -0.4 is 0 Å². The highest BCUT2D eigenvalue weighted by Gasteiger charge is 1.91. The molecule has 14 heavy (non-hydrogen) atoms. The van der Waals surface area contributed by atoms with E-state index in [-0.39, 0.29) is 0 Å². The zero-order valence-corrected chi connectivity index (χ0v) is 11.4. The van der Waals surface area contributed by atoms with E-state index in [1.165, 1.54) is 31.3 Å². The first-order valence-electron chi connectivity index (χ1n) is 5.64. The molecule has 0 aromatic rings. The highest BCUT2D eigenvalue weighted by Crippen LogP contribution is 2.11. The summed E-state index contributed by atoms with van der Waals surface area (Å²) in [7, 11) is 0. The van der Waals surface area contributed by atoms with Crippen LogP contribution in [0.3, 0.4) is 0 Å². The lowest BCUT2D eigenvalue weighted by Gasteiger charge is -2.01. The molecule has 0 spiro atoms. The Morgan fingerprint density at radius 2 is 1.71 bits per heavy atom. The Hall–Kier alpha value is -0.0400. The molecular formula is C13H23Br. The van der Waals surface area contributed by atoms with Gasteiger partial charge >= 0.3 is 0 Å². The Morgan fingerprint density at radius 3 is 2.21 bits per heavy atom. The van der Waals surface area contributed by atoms with Crippen molar-refractivity contribution in [2.24, 2.45) is 0 Å². The van der Waals surface area contributed by atoms with Gasteiger partial charge in [-0.3, -0.25) is 0 Å². The van der Waals surface area contributed by atoms with Crippen molar-refractivity contribution in [1.82, 2.24) is 0 Å². The highest BCUT2D eigenvalue weighted by atomic mass is 79.9. The zero-order valence-electron chi connectivity index (χ0n) is 9.78. The topological polar surface area (TPSA) is 0 Å². The SMILES string of the molecule is CCC(=CCC/C(C)=C/CCBr)CC. The van der Waals surface area contributed by atoms with E-state index in [1.54, 1.807) is 5.57 Å². The Kier molecular flexibility index (Phi) is 9.49. The van der Waals surface area contributed by atoms with Crippen molar-refractivity contribution in [2.75, 3.05) is 5.33 Å². The second-order valence-electron chi connectivity index (χ2n) is 3.64. The predicted molar refractivity (Wildman–Crippen MR) is 70.1 cm³/mol. The maximum absolute atomic E-state index is 3.44. The molecule has 0 heterocycles. The Morgan fingerprint density at radius 1 is 1.07 bits per heavy atom. The van der Waals surface area contributed by atoms with Gasteiger partial charge in [0.1, 0.15) is 0 Å². The van der Waals surface area contributed by atoms with E-state index >= 15 is 0 Å². The van der Waals surface area contributed by atoms with Crippen molar-refractivity contribution in [3.8, 4) is 0 Å². The van der Waals surface area contributed by atoms with Crippen molar-refractivity contribution in [2.45, 2.75) is 52.9 Å². The summed E-state index contributed by atoms with van der Waals surface area (Å²) in [6, 6.07) is 0. The van der Waals surface area contributed by atoms with Gasteiger partial charge in [0.05, 0.1) is 0 Å². The summed E-state index contributed by atoms with van der Waals surface area (Å²) in [5, 5.41) is 1.08. The van der Waals surface area contributed by atoms with Crippen molar-refractivity contribution < 1.29 is 0 Å². The van der Waals surface area contributed by atoms with Gasteiger partial charge in [-0.1, -0.05) is 53.1 Å². The van der Waals surface area contributed by atoms with Gasteiger partial charge in [0.25, 0.3) is 0 Å². The average molecular weight is 259 g/mol. The molecule has 0 aliphatic heterocycles. The number of rotatable bonds is 7. The molecule has 0 aromatic carbocycles. The first-order valence-corrected chi connectivity index (χ1v) is 6.76. The highest BCUT2D eigenvalue weighted by molar-refractivity contribution is 9.09. The van der Waals surface area contributed by atoms with E-state index < -0.39 is 0 Å². The normalized spacial score (nSPS) is 11.6. The molecule has 0 rings (SSSR count). The van der Waals surface area contributed by atoms with Crippen molar-refractivity contribution in [3.05, 3.63) is 23.3 Å². The summed E-state index contributed by atoms with van der Waals surface area (Å²) in [5.41, 5.74) is 3.12. The van der Waals surface area contributed by atoms with Crippen LogP contribution in [0.1, 0.15) is 52.9 Å². The molecule has 0 aliphatic carbocycles. The summed E-state index contributed by atoms with van der Waals surface area (Å²) in [5.74, 6) is 0. The minimum Gasteiger partial charge on any atom is -0.0925 e. The first-order chi connectivity index (χ1) is 6.74. The third-order valence-electron chi connectivity index (χ3n) is 2.48. The lowest BCUT2D eigenvalue weighted by atomic mass is 10.1. The molecule has 1 heteroatoms. The summed E-state index contributed by atoms with van der Waals surface area (Å²) in [6.45, 7) is 6.71. The van der Waals surface area contributed by atoms with Gasteiger partial charge in [-0.2, -0.15) is 0 Å². The molecule has 0 atom stereocenters. The Labute approximate surface area is 97.6 Å². The van der Waals surface area contributed by atoms with E-state index in [2.05, 4.69) is 48.9 Å². The van der Waals surface area contributed by atoms with Crippen LogP contribution in [0.25, 0.3) is 0 Å². The van der Waals surface area contributed by atoms with Gasteiger partial charge in [0.2, 0.25) is 0 Å². The fourth-order valence-electron chi connectivity index (χ4n) is 1.45. The molecule has 0 aliphatic rings. The van der Waals surface area contributed by atoms with Crippen LogP contribution in [0.5, 0.6) is 0 Å². The van der Waals surface area contributed by atoms with Crippen LogP contribution in [0.4, 0.5) is 0 Å². The molecule has 82 valence electrons. The quantitative estimate of drug-likeness (QED) is 0.433. The minimum atomic E-state index is 1.08. The van der Waals surface area contributed by atoms with E-state index in [4.69, 9.17) is 0 Å². The van der Waals surface area contributed by atoms with Gasteiger partial charge in [-0.05, 0) is 39.0 Å². The number of halogens is 1. The third kappa shape index (κ3) is 7.37. The number of hydrogen-bond donors (Lipinski definition) is 0. The van der Waals surface area contributed by atoms with Crippen LogP contribution >= 0.6 is 15.9 Å². The maximum Gasteiger partial charge on any atom is 0.00660 e. The Balaban J connectivity index is 3.76. The van der Waals surface area contributed by atoms with Crippen molar-refractivity contribution in [1.29, 1.82) is 0 Å². The number of allylic oxidation sites excluding steroid dienone is 4. The van der Waals surface area contributed by atoms with Gasteiger partial charge in [0.15, 0.2) is 0 Å². The molecule has 0 aromatic heterocycles. The average Bonchev–Trinajstić information content (AvgIpc) is 2.21. The first kappa shape index (κ1) is 14.0. The summed E-state index contributed by atoms with van der Waals surface area (Å²) < 4.78 is 0. The van der Waals surface area contributed by atoms with Gasteiger partial charge in [0, 0.05) is 5.33 Å². The lowest BCUT2D eigenvalue weighted by Crippen LogP contribution is -1.81. The molecule has 0 bridgehead atoms. The Bertz CT molecular complexity index is 183. The fraction of sp³-hybridized carbons (Fsp3) is 0.692. The molecule has 0 fully saturated rings. The molecule has 0 radical (unpaired) electrons. The molecule has 0 unspecified atom stereocenters. The van der Waals surface area contributed by atoms with E-state index in [0.29, 0.717) is 0 Å². The van der Waals surface area contributed by atoms with E-state index in [9.17, 15) is 0 Å². The van der Waals surface area contributed by atoms with Gasteiger partial charge in [-0.15, -0.1) is 0 Å². The smallest absolute Gasteiger partial charge is 0.00660 e. The van der Waals surface area contributed by atoms with Crippen LogP contribution in [-0.4, -0.2) is 5.33 Å². The molecule has 0 saturated heterocycles. The second kappa shape index (κ2) is 9.51. The van der Waals surface area contributed by atoms with Crippen molar-refractivity contribution in [3.63, 3.8) is 0 Å².